The fourth-order valence-electron chi connectivity index (χ4n) is 4.32. The van der Waals surface area contributed by atoms with Crippen molar-refractivity contribution in [2.75, 3.05) is 6.54 Å². The minimum Gasteiger partial charge on any atom is -0.354 e. The van der Waals surface area contributed by atoms with E-state index >= 15 is 0 Å². The van der Waals surface area contributed by atoms with Crippen LogP contribution in [0.1, 0.15) is 37.7 Å². The summed E-state index contributed by atoms with van der Waals surface area (Å²) < 4.78 is 28.0. The summed E-state index contributed by atoms with van der Waals surface area (Å²) in [4.78, 5) is 12.8. The third kappa shape index (κ3) is 4.75. The number of nitrogens with one attached hydrogen (secondary N) is 1. The van der Waals surface area contributed by atoms with Crippen LogP contribution in [0.2, 0.25) is 0 Å². The molecule has 2 aromatic carbocycles. The minimum atomic E-state index is -3.54. The SMILES string of the molecule is O=C(Cn1cc(S(=O)(=O)Cc2ccccc2)c2ccccc21)NCC1CCCCC1. The molecule has 1 heterocycles. The first-order valence-corrected chi connectivity index (χ1v) is 12.3. The van der Waals surface area contributed by atoms with Gasteiger partial charge >= 0.3 is 0 Å². The number of para-hydroxylation sites is 1. The second-order valence-corrected chi connectivity index (χ2v) is 10.1. The molecule has 158 valence electrons. The van der Waals surface area contributed by atoms with Crippen LogP contribution in [0.3, 0.4) is 0 Å². The van der Waals surface area contributed by atoms with Gasteiger partial charge in [-0.1, -0.05) is 67.8 Å². The van der Waals surface area contributed by atoms with E-state index < -0.39 is 9.84 Å². The molecular weight excluding hydrogens is 396 g/mol. The third-order valence-corrected chi connectivity index (χ3v) is 7.62. The zero-order valence-electron chi connectivity index (χ0n) is 17.1. The lowest BCUT2D eigenvalue weighted by molar-refractivity contribution is -0.121. The van der Waals surface area contributed by atoms with Gasteiger partial charge in [0.2, 0.25) is 5.91 Å². The smallest absolute Gasteiger partial charge is 0.239 e. The van der Waals surface area contributed by atoms with Crippen molar-refractivity contribution in [2.24, 2.45) is 5.92 Å². The molecule has 0 atom stereocenters. The molecule has 1 fully saturated rings. The number of amides is 1. The van der Waals surface area contributed by atoms with E-state index in [9.17, 15) is 13.2 Å². The highest BCUT2D eigenvalue weighted by Crippen LogP contribution is 2.28. The number of hydrogen-bond acceptors (Lipinski definition) is 3. The van der Waals surface area contributed by atoms with Gasteiger partial charge in [-0.2, -0.15) is 0 Å². The number of carbonyl (C=O) groups is 1. The summed E-state index contributed by atoms with van der Waals surface area (Å²) in [5.74, 6) is 0.426. The van der Waals surface area contributed by atoms with Crippen LogP contribution in [0.25, 0.3) is 10.9 Å². The lowest BCUT2D eigenvalue weighted by Crippen LogP contribution is -2.32. The lowest BCUT2D eigenvalue weighted by atomic mass is 9.89. The molecule has 0 unspecified atom stereocenters. The molecule has 3 aromatic rings. The van der Waals surface area contributed by atoms with Gasteiger partial charge in [0.15, 0.2) is 9.84 Å². The Morgan fingerprint density at radius 2 is 1.67 bits per heavy atom. The maximum Gasteiger partial charge on any atom is 0.239 e. The number of rotatable bonds is 7. The second kappa shape index (κ2) is 9.04. The first-order chi connectivity index (χ1) is 14.5. The van der Waals surface area contributed by atoms with E-state index in [1.807, 2.05) is 54.6 Å². The first kappa shape index (κ1) is 20.7. The predicted molar refractivity (Wildman–Crippen MR) is 119 cm³/mol. The Kier molecular flexibility index (Phi) is 6.23. The van der Waals surface area contributed by atoms with Crippen molar-refractivity contribution < 1.29 is 13.2 Å². The fraction of sp³-hybridized carbons (Fsp3) is 0.375. The van der Waals surface area contributed by atoms with Crippen LogP contribution in [-0.4, -0.2) is 25.4 Å². The van der Waals surface area contributed by atoms with Gasteiger partial charge in [-0.15, -0.1) is 0 Å². The topological polar surface area (TPSA) is 68.2 Å². The van der Waals surface area contributed by atoms with E-state index in [1.54, 1.807) is 10.8 Å². The number of fused-ring (bicyclic) bond motifs is 1. The molecule has 1 aromatic heterocycles. The van der Waals surface area contributed by atoms with Crippen LogP contribution >= 0.6 is 0 Å². The van der Waals surface area contributed by atoms with Gasteiger partial charge in [-0.05, 0) is 30.4 Å². The summed E-state index contributed by atoms with van der Waals surface area (Å²) in [7, 11) is -3.54. The van der Waals surface area contributed by atoms with E-state index in [2.05, 4.69) is 5.32 Å². The Morgan fingerprint density at radius 3 is 2.43 bits per heavy atom. The summed E-state index contributed by atoms with van der Waals surface area (Å²) in [6.45, 7) is 0.825. The number of hydrogen-bond donors (Lipinski definition) is 1. The normalized spacial score (nSPS) is 15.3. The van der Waals surface area contributed by atoms with E-state index in [4.69, 9.17) is 0 Å². The van der Waals surface area contributed by atoms with Crippen molar-refractivity contribution in [2.45, 2.75) is 49.3 Å². The molecule has 1 N–H and O–H groups in total. The van der Waals surface area contributed by atoms with Crippen LogP contribution in [0.5, 0.6) is 0 Å². The zero-order chi connectivity index (χ0) is 21.0. The van der Waals surface area contributed by atoms with Crippen molar-refractivity contribution in [1.29, 1.82) is 0 Å². The molecule has 1 aliphatic rings. The molecule has 0 radical (unpaired) electrons. The Morgan fingerprint density at radius 1 is 0.967 bits per heavy atom. The first-order valence-electron chi connectivity index (χ1n) is 10.6. The molecule has 0 aliphatic heterocycles. The molecule has 0 spiro atoms. The Bertz CT molecular complexity index is 1110. The number of carbonyl (C=O) groups excluding carboxylic acids is 1. The summed E-state index contributed by atoms with van der Waals surface area (Å²) in [6, 6.07) is 16.5. The van der Waals surface area contributed by atoms with Gasteiger partial charge in [0.1, 0.15) is 6.54 Å². The van der Waals surface area contributed by atoms with E-state index in [1.165, 1.54) is 32.1 Å². The van der Waals surface area contributed by atoms with Gasteiger partial charge in [0.25, 0.3) is 0 Å². The Balaban J connectivity index is 1.54. The van der Waals surface area contributed by atoms with Crippen LogP contribution in [0, 0.1) is 5.92 Å². The molecule has 1 aliphatic carbocycles. The van der Waals surface area contributed by atoms with Crippen LogP contribution < -0.4 is 5.32 Å². The number of aromatic nitrogens is 1. The molecule has 5 nitrogen and oxygen atoms in total. The average Bonchev–Trinajstić information content (AvgIpc) is 3.13. The molecule has 1 amide bonds. The number of nitrogens with zero attached hydrogens (tertiary/aromatic N) is 1. The number of sulfone groups is 1. The van der Waals surface area contributed by atoms with Gasteiger partial charge < -0.3 is 9.88 Å². The van der Waals surface area contributed by atoms with Crippen LogP contribution in [0.4, 0.5) is 0 Å². The van der Waals surface area contributed by atoms with Crippen LogP contribution in [-0.2, 0) is 26.9 Å². The third-order valence-electron chi connectivity index (χ3n) is 5.91. The molecule has 0 saturated heterocycles. The lowest BCUT2D eigenvalue weighted by Gasteiger charge is -2.21. The Labute approximate surface area is 178 Å². The summed E-state index contributed by atoms with van der Waals surface area (Å²) >= 11 is 0. The predicted octanol–water partition coefficient (Wildman–Crippen LogP) is 4.31. The van der Waals surface area contributed by atoms with Gasteiger partial charge in [0.05, 0.1) is 10.6 Å². The van der Waals surface area contributed by atoms with Crippen molar-refractivity contribution in [3.05, 3.63) is 66.4 Å². The highest BCUT2D eigenvalue weighted by molar-refractivity contribution is 7.90. The molecule has 4 rings (SSSR count). The zero-order valence-corrected chi connectivity index (χ0v) is 17.9. The fourth-order valence-corrected chi connectivity index (χ4v) is 5.91. The van der Waals surface area contributed by atoms with E-state index in [0.29, 0.717) is 17.8 Å². The average molecular weight is 425 g/mol. The summed E-state index contributed by atoms with van der Waals surface area (Å²) in [5, 5.41) is 3.70. The van der Waals surface area contributed by atoms with Crippen molar-refractivity contribution >= 4 is 26.6 Å². The van der Waals surface area contributed by atoms with Crippen molar-refractivity contribution in [3.63, 3.8) is 0 Å². The van der Waals surface area contributed by atoms with Crippen LogP contribution in [0.15, 0.2) is 65.7 Å². The summed E-state index contributed by atoms with van der Waals surface area (Å²) in [5.41, 5.74) is 1.51. The van der Waals surface area contributed by atoms with E-state index in [-0.39, 0.29) is 23.1 Å². The highest BCUT2D eigenvalue weighted by Gasteiger charge is 2.22. The monoisotopic (exact) mass is 424 g/mol. The maximum absolute atomic E-state index is 13.1. The largest absolute Gasteiger partial charge is 0.354 e. The maximum atomic E-state index is 13.1. The number of benzene rings is 2. The molecule has 30 heavy (non-hydrogen) atoms. The van der Waals surface area contributed by atoms with E-state index in [0.717, 1.165) is 11.1 Å². The quantitative estimate of drug-likeness (QED) is 0.614. The van der Waals surface area contributed by atoms with Gasteiger partial charge in [0, 0.05) is 23.6 Å². The molecule has 1 saturated carbocycles. The van der Waals surface area contributed by atoms with Crippen molar-refractivity contribution in [1.82, 2.24) is 9.88 Å². The second-order valence-electron chi connectivity index (χ2n) is 8.19. The molecular formula is C24H28N2O3S. The van der Waals surface area contributed by atoms with Crippen molar-refractivity contribution in [3.8, 4) is 0 Å². The van der Waals surface area contributed by atoms with Gasteiger partial charge in [-0.3, -0.25) is 4.79 Å². The van der Waals surface area contributed by atoms with Gasteiger partial charge in [-0.25, -0.2) is 8.42 Å². The summed E-state index contributed by atoms with van der Waals surface area (Å²) in [6.07, 6.45) is 7.74. The highest BCUT2D eigenvalue weighted by atomic mass is 32.2. The molecule has 6 heteroatoms. The Hall–Kier alpha value is -2.60. The minimum absolute atomic E-state index is 0.0598. The molecule has 0 bridgehead atoms. The standard InChI is InChI=1S/C24H28N2O3S/c27-24(25-15-19-9-3-1-4-10-19)17-26-16-23(21-13-7-8-14-22(21)26)30(28,29)18-20-11-5-2-6-12-20/h2,5-8,11-14,16,19H,1,3-4,9-10,15,17-18H2,(H,25,27).